The highest BCUT2D eigenvalue weighted by molar-refractivity contribution is 8.18. The third kappa shape index (κ3) is 5.82. The van der Waals surface area contributed by atoms with Gasteiger partial charge in [-0.15, -0.1) is 0 Å². The molecule has 1 amide bonds. The van der Waals surface area contributed by atoms with Crippen LogP contribution in [0, 0.1) is 20.2 Å². The van der Waals surface area contributed by atoms with E-state index in [9.17, 15) is 25.0 Å². The second-order valence-corrected chi connectivity index (χ2v) is 9.05. The van der Waals surface area contributed by atoms with E-state index >= 15 is 0 Å². The molecule has 1 saturated heterocycles. The number of nitro benzene ring substituents is 2. The van der Waals surface area contributed by atoms with Gasteiger partial charge in [-0.1, -0.05) is 35.3 Å². The zero-order valence-corrected chi connectivity index (χ0v) is 21.0. The van der Waals surface area contributed by atoms with Crippen LogP contribution in [0.25, 0.3) is 6.08 Å². The predicted octanol–water partition coefficient (Wildman–Crippen LogP) is 6.50. The summed E-state index contributed by atoms with van der Waals surface area (Å²) in [5, 5.41) is 25.9. The number of rotatable bonds is 7. The standard InChI is InChI=1S/C23H14Cl2N4O7S/c1-35-19-9-12(5-7-18(19)36-17-8-6-13(28(31)32)11-16(17)29(33)34)10-20-22(30)27-23(37-20)26-15-4-2-3-14(24)21(15)25/h2-11H,1H3,(H,26,27,30)/b20-10+. The summed E-state index contributed by atoms with van der Waals surface area (Å²) in [7, 11) is 1.37. The molecular weight excluding hydrogens is 547 g/mol. The predicted molar refractivity (Wildman–Crippen MR) is 140 cm³/mol. The summed E-state index contributed by atoms with van der Waals surface area (Å²) in [5.74, 6) is -0.234. The van der Waals surface area contributed by atoms with Gasteiger partial charge in [-0.05, 0) is 53.7 Å². The molecule has 0 aliphatic carbocycles. The highest BCUT2D eigenvalue weighted by Crippen LogP contribution is 2.39. The largest absolute Gasteiger partial charge is 0.493 e. The first-order valence-corrected chi connectivity index (χ1v) is 11.8. The summed E-state index contributed by atoms with van der Waals surface area (Å²) < 4.78 is 11.0. The van der Waals surface area contributed by atoms with Crippen molar-refractivity contribution >= 4 is 69.2 Å². The van der Waals surface area contributed by atoms with Gasteiger partial charge in [0, 0.05) is 6.07 Å². The monoisotopic (exact) mass is 560 g/mol. The number of hydrogen-bond donors (Lipinski definition) is 1. The van der Waals surface area contributed by atoms with Crippen LogP contribution >= 0.6 is 35.0 Å². The Labute approximate surface area is 223 Å². The van der Waals surface area contributed by atoms with Crippen molar-refractivity contribution in [2.24, 2.45) is 4.99 Å². The Morgan fingerprint density at radius 1 is 1.00 bits per heavy atom. The molecule has 3 aromatic carbocycles. The van der Waals surface area contributed by atoms with Crippen molar-refractivity contribution in [2.45, 2.75) is 0 Å². The number of nitrogens with one attached hydrogen (secondary N) is 1. The zero-order chi connectivity index (χ0) is 26.7. The minimum absolute atomic E-state index is 0.128. The van der Waals surface area contributed by atoms with Gasteiger partial charge in [0.1, 0.15) is 0 Å². The molecule has 0 aromatic heterocycles. The molecule has 1 aliphatic rings. The molecule has 11 nitrogen and oxygen atoms in total. The first-order valence-electron chi connectivity index (χ1n) is 10.2. The summed E-state index contributed by atoms with van der Waals surface area (Å²) >= 11 is 13.3. The molecule has 14 heteroatoms. The molecule has 0 bridgehead atoms. The normalized spacial score (nSPS) is 15.1. The van der Waals surface area contributed by atoms with E-state index in [2.05, 4.69) is 10.3 Å². The van der Waals surface area contributed by atoms with Crippen LogP contribution in [0.2, 0.25) is 10.0 Å². The van der Waals surface area contributed by atoms with E-state index in [1.165, 1.54) is 13.2 Å². The highest BCUT2D eigenvalue weighted by Gasteiger charge is 2.25. The number of ether oxygens (including phenoxy) is 2. The average molecular weight is 561 g/mol. The summed E-state index contributed by atoms with van der Waals surface area (Å²) in [6, 6.07) is 12.7. The van der Waals surface area contributed by atoms with E-state index < -0.39 is 21.2 Å². The number of nitro groups is 2. The lowest BCUT2D eigenvalue weighted by Gasteiger charge is -2.11. The number of hydrogen-bond acceptors (Lipinski definition) is 9. The quantitative estimate of drug-likeness (QED) is 0.195. The van der Waals surface area contributed by atoms with Gasteiger partial charge < -0.3 is 14.8 Å². The molecule has 0 atom stereocenters. The Bertz CT molecular complexity index is 1510. The van der Waals surface area contributed by atoms with Crippen molar-refractivity contribution < 1.29 is 24.1 Å². The van der Waals surface area contributed by atoms with E-state index in [1.807, 2.05) is 0 Å². The van der Waals surface area contributed by atoms with Crippen LogP contribution < -0.4 is 14.8 Å². The number of carbonyl (C=O) groups excluding carboxylic acids is 1. The fourth-order valence-electron chi connectivity index (χ4n) is 3.15. The highest BCUT2D eigenvalue weighted by atomic mass is 35.5. The molecule has 0 spiro atoms. The maximum atomic E-state index is 12.5. The molecule has 4 rings (SSSR count). The Balaban J connectivity index is 1.59. The molecule has 188 valence electrons. The van der Waals surface area contributed by atoms with E-state index in [0.717, 1.165) is 30.0 Å². The van der Waals surface area contributed by atoms with Crippen LogP contribution in [-0.4, -0.2) is 28.0 Å². The van der Waals surface area contributed by atoms with Crippen LogP contribution in [0.15, 0.2) is 64.5 Å². The molecule has 0 unspecified atom stereocenters. The van der Waals surface area contributed by atoms with Gasteiger partial charge in [0.15, 0.2) is 16.7 Å². The van der Waals surface area contributed by atoms with Gasteiger partial charge in [0.05, 0.1) is 43.7 Å². The van der Waals surface area contributed by atoms with E-state index in [4.69, 9.17) is 32.7 Å². The van der Waals surface area contributed by atoms with Gasteiger partial charge in [0.2, 0.25) is 5.75 Å². The van der Waals surface area contributed by atoms with Crippen LogP contribution in [0.4, 0.5) is 17.1 Å². The van der Waals surface area contributed by atoms with Gasteiger partial charge in [-0.25, -0.2) is 4.99 Å². The molecule has 1 heterocycles. The van der Waals surface area contributed by atoms with Gasteiger partial charge >= 0.3 is 5.69 Å². The topological polar surface area (TPSA) is 146 Å². The molecule has 0 saturated carbocycles. The molecule has 1 fully saturated rings. The number of amides is 1. The van der Waals surface area contributed by atoms with Crippen molar-refractivity contribution in [1.29, 1.82) is 0 Å². The molecule has 37 heavy (non-hydrogen) atoms. The molecule has 1 aliphatic heterocycles. The summed E-state index contributed by atoms with van der Waals surface area (Å²) in [5.41, 5.74) is -0.0437. The molecule has 3 aromatic rings. The molecule has 1 N–H and O–H groups in total. The maximum Gasteiger partial charge on any atom is 0.318 e. The lowest BCUT2D eigenvalue weighted by molar-refractivity contribution is -0.394. The molecule has 0 radical (unpaired) electrons. The smallest absolute Gasteiger partial charge is 0.318 e. The summed E-state index contributed by atoms with van der Waals surface area (Å²) in [6.07, 6.45) is 1.60. The van der Waals surface area contributed by atoms with Gasteiger partial charge in [-0.3, -0.25) is 25.0 Å². The van der Waals surface area contributed by atoms with Crippen LogP contribution in [0.3, 0.4) is 0 Å². The van der Waals surface area contributed by atoms with Crippen molar-refractivity contribution in [2.75, 3.05) is 7.11 Å². The number of aliphatic imine (C=N–C) groups is 1. The Morgan fingerprint density at radius 3 is 2.46 bits per heavy atom. The average Bonchev–Trinajstić information content (AvgIpc) is 3.21. The van der Waals surface area contributed by atoms with Crippen LogP contribution in [0.1, 0.15) is 5.56 Å². The number of carbonyl (C=O) groups is 1. The van der Waals surface area contributed by atoms with E-state index in [1.54, 1.807) is 36.4 Å². The summed E-state index contributed by atoms with van der Waals surface area (Å²) in [4.78, 5) is 38.0. The number of non-ortho nitro benzene ring substituents is 1. The van der Waals surface area contributed by atoms with Crippen molar-refractivity contribution in [3.05, 3.63) is 95.3 Å². The lowest BCUT2D eigenvalue weighted by Crippen LogP contribution is -2.19. The second-order valence-electron chi connectivity index (χ2n) is 7.23. The van der Waals surface area contributed by atoms with Crippen molar-refractivity contribution in [1.82, 2.24) is 5.32 Å². The zero-order valence-electron chi connectivity index (χ0n) is 18.6. The minimum Gasteiger partial charge on any atom is -0.493 e. The van der Waals surface area contributed by atoms with Crippen LogP contribution in [-0.2, 0) is 4.79 Å². The Hall–Kier alpha value is -4.13. The van der Waals surface area contributed by atoms with Gasteiger partial charge in [0.25, 0.3) is 11.6 Å². The minimum atomic E-state index is -0.779. The summed E-state index contributed by atoms with van der Waals surface area (Å²) in [6.45, 7) is 0. The van der Waals surface area contributed by atoms with Gasteiger partial charge in [-0.2, -0.15) is 0 Å². The number of thioether (sulfide) groups is 1. The van der Waals surface area contributed by atoms with Crippen molar-refractivity contribution in [3.63, 3.8) is 0 Å². The lowest BCUT2D eigenvalue weighted by atomic mass is 10.2. The first-order chi connectivity index (χ1) is 17.7. The number of methoxy groups -OCH3 is 1. The fraction of sp³-hybridized carbons (Fsp3) is 0.0435. The van der Waals surface area contributed by atoms with E-state index in [0.29, 0.717) is 26.3 Å². The third-order valence-corrected chi connectivity index (χ3v) is 6.58. The molecular formula is C23H14Cl2N4O7S. The SMILES string of the molecule is COc1cc(/C=C2/SC(=Nc3cccc(Cl)c3Cl)NC2=O)ccc1Oc1ccc([N+](=O)[O-])cc1[N+](=O)[O-]. The van der Waals surface area contributed by atoms with E-state index in [-0.39, 0.29) is 28.2 Å². The third-order valence-electron chi connectivity index (χ3n) is 4.86. The number of benzene rings is 3. The maximum absolute atomic E-state index is 12.5. The number of halogens is 2. The Morgan fingerprint density at radius 2 is 1.76 bits per heavy atom. The van der Waals surface area contributed by atoms with Crippen molar-refractivity contribution in [3.8, 4) is 17.2 Å². The number of nitrogens with zero attached hydrogens (tertiary/aromatic N) is 3. The van der Waals surface area contributed by atoms with Crippen LogP contribution in [0.5, 0.6) is 17.2 Å². The fourth-order valence-corrected chi connectivity index (χ4v) is 4.32. The Kier molecular flexibility index (Phi) is 7.62. The first kappa shape index (κ1) is 25.9. The number of amidine groups is 1. The second kappa shape index (κ2) is 10.9.